The quantitative estimate of drug-likeness (QED) is 0.472. The van der Waals surface area contributed by atoms with Crippen molar-refractivity contribution in [2.75, 3.05) is 23.8 Å². The summed E-state index contributed by atoms with van der Waals surface area (Å²) in [4.78, 5) is 8.64. The predicted molar refractivity (Wildman–Crippen MR) is 109 cm³/mol. The molecule has 0 spiro atoms. The van der Waals surface area contributed by atoms with Crippen molar-refractivity contribution in [3.05, 3.63) is 65.2 Å². The highest BCUT2D eigenvalue weighted by Gasteiger charge is 2.31. The van der Waals surface area contributed by atoms with Crippen LogP contribution in [-0.4, -0.2) is 34.6 Å². The van der Waals surface area contributed by atoms with Crippen LogP contribution in [0.5, 0.6) is 5.75 Å². The Morgan fingerprint density at radius 1 is 1.00 bits per heavy atom. The van der Waals surface area contributed by atoms with Gasteiger partial charge in [-0.2, -0.15) is 4.98 Å². The minimum absolute atomic E-state index is 0.131. The molecule has 3 aromatic rings. The number of aromatic nitrogens is 2. The van der Waals surface area contributed by atoms with Crippen LogP contribution in [0.25, 0.3) is 11.3 Å². The largest absolute Gasteiger partial charge is 0.573 e. The zero-order chi connectivity index (χ0) is 21.6. The van der Waals surface area contributed by atoms with Crippen LogP contribution in [0, 0.1) is 0 Å². The number of nitrogens with one attached hydrogen (secondary N) is 2. The van der Waals surface area contributed by atoms with E-state index in [1.165, 1.54) is 18.2 Å². The number of hydrogen-bond donors (Lipinski definition) is 3. The normalized spacial score (nSPS) is 11.2. The van der Waals surface area contributed by atoms with Gasteiger partial charge in [-0.1, -0.05) is 35.9 Å². The van der Waals surface area contributed by atoms with Crippen molar-refractivity contribution in [2.45, 2.75) is 12.9 Å². The van der Waals surface area contributed by atoms with E-state index in [1.54, 1.807) is 24.3 Å². The number of ether oxygens (including phenoxy) is 1. The first-order valence-electron chi connectivity index (χ1n) is 8.91. The average Bonchev–Trinajstić information content (AvgIpc) is 2.70. The molecule has 0 atom stereocenters. The Kier molecular flexibility index (Phi) is 6.96. The number of aliphatic hydroxyl groups excluding tert-OH is 1. The number of halogens is 4. The maximum atomic E-state index is 12.5. The van der Waals surface area contributed by atoms with Gasteiger partial charge < -0.3 is 20.5 Å². The average molecular weight is 439 g/mol. The third kappa shape index (κ3) is 6.50. The van der Waals surface area contributed by atoms with Gasteiger partial charge in [0.1, 0.15) is 11.6 Å². The smallest absolute Gasteiger partial charge is 0.406 e. The van der Waals surface area contributed by atoms with Crippen LogP contribution in [0.2, 0.25) is 5.02 Å². The fourth-order valence-electron chi connectivity index (χ4n) is 2.62. The van der Waals surface area contributed by atoms with Gasteiger partial charge in [-0.25, -0.2) is 4.98 Å². The Morgan fingerprint density at radius 2 is 1.80 bits per heavy atom. The highest BCUT2D eigenvalue weighted by atomic mass is 35.5. The molecule has 0 bridgehead atoms. The molecule has 0 amide bonds. The predicted octanol–water partition coefficient (Wildman–Crippen LogP) is 4.71. The molecule has 30 heavy (non-hydrogen) atoms. The van der Waals surface area contributed by atoms with Gasteiger partial charge >= 0.3 is 6.36 Å². The van der Waals surface area contributed by atoms with E-state index in [0.717, 1.165) is 5.56 Å². The van der Waals surface area contributed by atoms with E-state index in [0.29, 0.717) is 28.6 Å². The minimum Gasteiger partial charge on any atom is -0.406 e. The van der Waals surface area contributed by atoms with Gasteiger partial charge in [0.2, 0.25) is 5.95 Å². The summed E-state index contributed by atoms with van der Waals surface area (Å²) in [6.45, 7) is 0.510. The summed E-state index contributed by atoms with van der Waals surface area (Å²) in [6.07, 6.45) is -4.79. The maximum Gasteiger partial charge on any atom is 0.573 e. The number of nitrogens with zero attached hydrogens (tertiary/aromatic N) is 2. The van der Waals surface area contributed by atoms with Crippen molar-refractivity contribution in [3.63, 3.8) is 0 Å². The molecule has 0 aliphatic carbocycles. The molecule has 2 aromatic carbocycles. The number of aliphatic hydroxyl groups is 1. The summed E-state index contributed by atoms with van der Waals surface area (Å²) in [5, 5.41) is 15.6. The summed E-state index contributed by atoms with van der Waals surface area (Å²) in [5.74, 6) is 0.316. The zero-order valence-corrected chi connectivity index (χ0v) is 16.3. The summed E-state index contributed by atoms with van der Waals surface area (Å²) in [7, 11) is 0. The van der Waals surface area contributed by atoms with Crippen LogP contribution in [0.1, 0.15) is 5.56 Å². The molecule has 0 fully saturated rings. The lowest BCUT2D eigenvalue weighted by molar-refractivity contribution is -0.274. The molecule has 0 unspecified atom stereocenters. The number of anilines is 2. The molecule has 10 heteroatoms. The minimum atomic E-state index is -4.79. The highest BCUT2D eigenvalue weighted by molar-refractivity contribution is 6.30. The van der Waals surface area contributed by atoms with Gasteiger partial charge in [0.15, 0.2) is 0 Å². The Hall–Kier alpha value is -3.04. The Labute approximate surface area is 175 Å². The first-order chi connectivity index (χ1) is 14.3. The monoisotopic (exact) mass is 438 g/mol. The molecular weight excluding hydrogens is 421 g/mol. The second-order valence-electron chi connectivity index (χ2n) is 6.17. The van der Waals surface area contributed by atoms with Gasteiger partial charge in [0.25, 0.3) is 0 Å². The molecule has 0 saturated carbocycles. The highest BCUT2D eigenvalue weighted by Crippen LogP contribution is 2.28. The second-order valence-corrected chi connectivity index (χ2v) is 6.61. The molecule has 158 valence electrons. The fraction of sp³-hybridized carbons (Fsp3) is 0.200. The van der Waals surface area contributed by atoms with Gasteiger partial charge in [0, 0.05) is 29.7 Å². The molecule has 1 aromatic heterocycles. The molecule has 0 saturated heterocycles. The molecule has 3 N–H and O–H groups in total. The fourth-order valence-corrected chi connectivity index (χ4v) is 2.84. The van der Waals surface area contributed by atoms with Crippen molar-refractivity contribution in [2.24, 2.45) is 0 Å². The molecule has 0 aliphatic rings. The van der Waals surface area contributed by atoms with E-state index >= 15 is 0 Å². The van der Waals surface area contributed by atoms with Crippen molar-refractivity contribution < 1.29 is 23.0 Å². The lowest BCUT2D eigenvalue weighted by Gasteiger charge is -2.13. The summed E-state index contributed by atoms with van der Waals surface area (Å²) in [6, 6.07) is 14.4. The van der Waals surface area contributed by atoms with Crippen LogP contribution < -0.4 is 15.4 Å². The van der Waals surface area contributed by atoms with Crippen molar-refractivity contribution in [3.8, 4) is 17.0 Å². The summed E-state index contributed by atoms with van der Waals surface area (Å²) < 4.78 is 41.6. The van der Waals surface area contributed by atoms with E-state index in [9.17, 15) is 13.2 Å². The van der Waals surface area contributed by atoms with Gasteiger partial charge in [-0.3, -0.25) is 0 Å². The zero-order valence-electron chi connectivity index (χ0n) is 15.6. The third-order valence-electron chi connectivity index (χ3n) is 3.85. The van der Waals surface area contributed by atoms with Gasteiger partial charge in [-0.05, 0) is 29.8 Å². The number of hydrogen-bond acceptors (Lipinski definition) is 6. The molecule has 1 heterocycles. The van der Waals surface area contributed by atoms with Crippen LogP contribution in [0.4, 0.5) is 24.9 Å². The summed E-state index contributed by atoms with van der Waals surface area (Å²) in [5.41, 5.74) is 1.72. The topological polar surface area (TPSA) is 79.3 Å². The standard InChI is InChI=1S/C20H18ClF3N4O2/c21-15-5-1-3-13(9-15)12-26-18-11-17(27-19(28-18)25-7-8-29)14-4-2-6-16(10-14)30-20(22,23)24/h1-6,9-11,29H,7-8,12H2,(H2,25,26,27,28). The van der Waals surface area contributed by atoms with E-state index in [4.69, 9.17) is 16.7 Å². The lowest BCUT2D eigenvalue weighted by Crippen LogP contribution is -2.17. The van der Waals surface area contributed by atoms with Crippen LogP contribution in [-0.2, 0) is 6.54 Å². The molecular formula is C20H18ClF3N4O2. The van der Waals surface area contributed by atoms with Crippen LogP contribution >= 0.6 is 11.6 Å². The molecule has 3 rings (SSSR count). The second kappa shape index (κ2) is 9.64. The summed E-state index contributed by atoms with van der Waals surface area (Å²) >= 11 is 6.00. The van der Waals surface area contributed by atoms with E-state index in [1.807, 2.05) is 12.1 Å². The van der Waals surface area contributed by atoms with E-state index < -0.39 is 6.36 Å². The SMILES string of the molecule is OCCNc1nc(NCc2cccc(Cl)c2)cc(-c2cccc(OC(F)(F)F)c2)n1. The number of alkyl halides is 3. The Bertz CT molecular complexity index is 1000. The maximum absolute atomic E-state index is 12.5. The van der Waals surface area contributed by atoms with Crippen LogP contribution in [0.3, 0.4) is 0 Å². The van der Waals surface area contributed by atoms with E-state index in [2.05, 4.69) is 25.3 Å². The first-order valence-corrected chi connectivity index (χ1v) is 9.28. The lowest BCUT2D eigenvalue weighted by atomic mass is 10.1. The van der Waals surface area contributed by atoms with Crippen molar-refractivity contribution in [1.82, 2.24) is 9.97 Å². The first kappa shape index (κ1) is 21.7. The Morgan fingerprint density at radius 3 is 2.53 bits per heavy atom. The molecule has 0 aliphatic heterocycles. The Balaban J connectivity index is 1.88. The van der Waals surface area contributed by atoms with Crippen molar-refractivity contribution in [1.29, 1.82) is 0 Å². The van der Waals surface area contributed by atoms with Gasteiger partial charge in [0.05, 0.1) is 12.3 Å². The van der Waals surface area contributed by atoms with Crippen LogP contribution in [0.15, 0.2) is 54.6 Å². The molecule has 6 nitrogen and oxygen atoms in total. The van der Waals surface area contributed by atoms with Crippen molar-refractivity contribution >= 4 is 23.4 Å². The van der Waals surface area contributed by atoms with E-state index in [-0.39, 0.29) is 24.8 Å². The molecule has 0 radical (unpaired) electrons. The third-order valence-corrected chi connectivity index (χ3v) is 4.08. The van der Waals surface area contributed by atoms with Gasteiger partial charge in [-0.15, -0.1) is 13.2 Å². The number of benzene rings is 2. The number of rotatable bonds is 8.